The van der Waals surface area contributed by atoms with Gasteiger partial charge in [0, 0.05) is 42.4 Å². The molecule has 0 aliphatic heterocycles. The van der Waals surface area contributed by atoms with Crippen LogP contribution in [-0.4, -0.2) is 40.9 Å². The van der Waals surface area contributed by atoms with Crippen molar-refractivity contribution in [2.75, 3.05) is 28.4 Å². The third-order valence-corrected chi connectivity index (χ3v) is 4.38. The fourth-order valence-electron chi connectivity index (χ4n) is 2.71. The van der Waals surface area contributed by atoms with Crippen molar-refractivity contribution in [1.82, 2.24) is 10.6 Å². The highest BCUT2D eigenvalue weighted by atomic mass is 35.5. The lowest BCUT2D eigenvalue weighted by Gasteiger charge is -2.17. The van der Waals surface area contributed by atoms with Gasteiger partial charge in [0.15, 0.2) is 17.5 Å². The Morgan fingerprint density at radius 2 is 1.47 bits per heavy atom. The summed E-state index contributed by atoms with van der Waals surface area (Å²) in [4.78, 5) is 4.14. The topological polar surface area (TPSA) is 73.3 Å². The maximum Gasteiger partial charge on any atom is 0.387 e. The highest BCUT2D eigenvalue weighted by Gasteiger charge is 2.13. The summed E-state index contributed by atoms with van der Waals surface area (Å²) in [6.07, 6.45) is 0. The summed E-state index contributed by atoms with van der Waals surface area (Å²) in [6, 6.07) is 7.96. The smallest absolute Gasteiger partial charge is 0.387 e. The van der Waals surface area contributed by atoms with E-state index in [2.05, 4.69) is 20.4 Å². The Labute approximate surface area is 178 Å². The van der Waals surface area contributed by atoms with Crippen molar-refractivity contribution in [2.45, 2.75) is 19.7 Å². The zero-order chi connectivity index (χ0) is 22.1. The number of aliphatic imine (C=N–C) groups is 1. The highest BCUT2D eigenvalue weighted by Crippen LogP contribution is 2.34. The van der Waals surface area contributed by atoms with Crippen molar-refractivity contribution in [3.63, 3.8) is 0 Å². The van der Waals surface area contributed by atoms with Gasteiger partial charge in [-0.3, -0.25) is 4.99 Å². The maximum absolute atomic E-state index is 12.6. The van der Waals surface area contributed by atoms with Gasteiger partial charge in [-0.1, -0.05) is 11.6 Å². The molecule has 0 radical (unpaired) electrons. The summed E-state index contributed by atoms with van der Waals surface area (Å²) in [5.41, 5.74) is 1.28. The van der Waals surface area contributed by atoms with E-state index >= 15 is 0 Å². The zero-order valence-corrected chi connectivity index (χ0v) is 17.8. The Morgan fingerprint density at radius 1 is 0.900 bits per heavy atom. The molecule has 2 aromatic rings. The molecule has 0 atom stereocenters. The maximum atomic E-state index is 12.6. The Balaban J connectivity index is 2.09. The normalized spacial score (nSPS) is 11.3. The van der Waals surface area contributed by atoms with Gasteiger partial charge in [0.05, 0.1) is 21.3 Å². The first-order chi connectivity index (χ1) is 14.4. The minimum Gasteiger partial charge on any atom is -0.496 e. The second-order valence-corrected chi connectivity index (χ2v) is 6.37. The molecule has 2 rings (SSSR count). The molecule has 0 saturated carbocycles. The van der Waals surface area contributed by atoms with Crippen molar-refractivity contribution >= 4 is 17.6 Å². The number of methoxy groups -OCH3 is 3. The number of hydrogen-bond donors (Lipinski definition) is 2. The van der Waals surface area contributed by atoms with E-state index in [-0.39, 0.29) is 12.3 Å². The summed E-state index contributed by atoms with van der Waals surface area (Å²) in [6.45, 7) is -2.40. The Morgan fingerprint density at radius 3 is 2.00 bits per heavy atom. The molecule has 0 saturated heterocycles. The molecule has 164 valence electrons. The third-order valence-electron chi connectivity index (χ3n) is 4.14. The number of halogens is 3. The van der Waals surface area contributed by atoms with Crippen LogP contribution < -0.4 is 29.6 Å². The zero-order valence-electron chi connectivity index (χ0n) is 17.1. The average molecular weight is 444 g/mol. The monoisotopic (exact) mass is 443 g/mol. The van der Waals surface area contributed by atoms with Gasteiger partial charge < -0.3 is 29.6 Å². The van der Waals surface area contributed by atoms with Crippen LogP contribution in [0, 0.1) is 0 Å². The first kappa shape index (κ1) is 23.3. The fraction of sp³-hybridized carbons (Fsp3) is 0.350. The van der Waals surface area contributed by atoms with E-state index < -0.39 is 6.61 Å². The number of guanidine groups is 1. The molecule has 0 bridgehead atoms. The van der Waals surface area contributed by atoms with Gasteiger partial charge in [-0.2, -0.15) is 8.78 Å². The van der Waals surface area contributed by atoms with Crippen LogP contribution in [-0.2, 0) is 13.1 Å². The van der Waals surface area contributed by atoms with Crippen molar-refractivity contribution in [3.05, 3.63) is 46.5 Å². The lowest BCUT2D eigenvalue weighted by atomic mass is 10.1. The Bertz CT molecular complexity index is 881. The number of ether oxygens (including phenoxy) is 4. The SMILES string of the molecule is CN=C(NCc1cc(OC)c(OC)cc1OC)NCc1cc(Cl)ccc1OC(F)F. The van der Waals surface area contributed by atoms with Gasteiger partial charge in [0.2, 0.25) is 0 Å². The second-order valence-electron chi connectivity index (χ2n) is 5.93. The highest BCUT2D eigenvalue weighted by molar-refractivity contribution is 6.30. The number of hydrogen-bond acceptors (Lipinski definition) is 5. The van der Waals surface area contributed by atoms with E-state index in [0.717, 1.165) is 5.56 Å². The van der Waals surface area contributed by atoms with Gasteiger partial charge in [-0.15, -0.1) is 0 Å². The molecule has 0 heterocycles. The van der Waals surface area contributed by atoms with Crippen LogP contribution in [0.1, 0.15) is 11.1 Å². The van der Waals surface area contributed by atoms with Crippen LogP contribution in [0.3, 0.4) is 0 Å². The number of nitrogens with zero attached hydrogens (tertiary/aromatic N) is 1. The summed E-state index contributed by atoms with van der Waals surface area (Å²) in [7, 11) is 6.24. The molecule has 30 heavy (non-hydrogen) atoms. The first-order valence-corrected chi connectivity index (χ1v) is 9.26. The van der Waals surface area contributed by atoms with Crippen molar-refractivity contribution in [2.24, 2.45) is 4.99 Å². The third kappa shape index (κ3) is 6.28. The molecule has 0 amide bonds. The summed E-state index contributed by atoms with van der Waals surface area (Å²) >= 11 is 5.98. The fourth-order valence-corrected chi connectivity index (χ4v) is 2.90. The molecule has 0 aromatic heterocycles. The molecule has 0 spiro atoms. The number of nitrogens with one attached hydrogen (secondary N) is 2. The number of rotatable bonds is 9. The lowest BCUT2D eigenvalue weighted by molar-refractivity contribution is -0.0504. The number of benzene rings is 2. The molecular formula is C20H24ClF2N3O4. The first-order valence-electron chi connectivity index (χ1n) is 8.88. The summed E-state index contributed by atoms with van der Waals surface area (Å²) in [5.74, 6) is 2.20. The van der Waals surface area contributed by atoms with Crippen LogP contribution >= 0.6 is 11.6 Å². The van der Waals surface area contributed by atoms with Gasteiger partial charge in [0.1, 0.15) is 11.5 Å². The molecule has 0 aliphatic rings. The van der Waals surface area contributed by atoms with Gasteiger partial charge in [-0.25, -0.2) is 0 Å². The summed E-state index contributed by atoms with van der Waals surface area (Å²) in [5, 5.41) is 6.59. The predicted molar refractivity (Wildman–Crippen MR) is 111 cm³/mol. The van der Waals surface area contributed by atoms with Crippen LogP contribution in [0.5, 0.6) is 23.0 Å². The molecule has 0 unspecified atom stereocenters. The Hall–Kier alpha value is -2.94. The Kier molecular flexibility index (Phi) is 8.79. The largest absolute Gasteiger partial charge is 0.496 e. The van der Waals surface area contributed by atoms with Gasteiger partial charge in [-0.05, 0) is 24.3 Å². The van der Waals surface area contributed by atoms with Crippen molar-refractivity contribution < 1.29 is 27.7 Å². The average Bonchev–Trinajstić information content (AvgIpc) is 2.74. The van der Waals surface area contributed by atoms with Gasteiger partial charge >= 0.3 is 6.61 Å². The van der Waals surface area contributed by atoms with Crippen LogP contribution in [0.25, 0.3) is 0 Å². The lowest BCUT2D eigenvalue weighted by Crippen LogP contribution is -2.36. The van der Waals surface area contributed by atoms with Gasteiger partial charge in [0.25, 0.3) is 0 Å². The van der Waals surface area contributed by atoms with Crippen LogP contribution in [0.15, 0.2) is 35.3 Å². The van der Waals surface area contributed by atoms with Crippen LogP contribution in [0.2, 0.25) is 5.02 Å². The van der Waals surface area contributed by atoms with Crippen LogP contribution in [0.4, 0.5) is 8.78 Å². The minimum absolute atomic E-state index is 0.0407. The second kappa shape index (κ2) is 11.3. The standard InChI is InChI=1S/C20H24ClF2N3O4/c1-24-20(25-10-12-7-14(21)5-6-15(12)30-19(22)23)26-11-13-8-17(28-3)18(29-4)9-16(13)27-2/h5-9,19H,10-11H2,1-4H3,(H2,24,25,26). The van der Waals surface area contributed by atoms with Crippen molar-refractivity contribution in [1.29, 1.82) is 0 Å². The molecule has 2 N–H and O–H groups in total. The summed E-state index contributed by atoms with van der Waals surface area (Å²) < 4.78 is 45.8. The van der Waals surface area contributed by atoms with E-state index in [1.807, 2.05) is 0 Å². The molecular weight excluding hydrogens is 420 g/mol. The molecule has 0 aliphatic carbocycles. The van der Waals surface area contributed by atoms with E-state index in [1.54, 1.807) is 46.6 Å². The predicted octanol–water partition coefficient (Wildman–Crippen LogP) is 3.83. The molecule has 2 aromatic carbocycles. The quantitative estimate of drug-likeness (QED) is 0.453. The van der Waals surface area contributed by atoms with E-state index in [1.165, 1.54) is 12.1 Å². The molecule has 0 fully saturated rings. The molecule has 10 heteroatoms. The van der Waals surface area contributed by atoms with E-state index in [4.69, 9.17) is 25.8 Å². The minimum atomic E-state index is -2.93. The van der Waals surface area contributed by atoms with Crippen molar-refractivity contribution in [3.8, 4) is 23.0 Å². The van der Waals surface area contributed by atoms with E-state index in [9.17, 15) is 8.78 Å². The van der Waals surface area contributed by atoms with E-state index in [0.29, 0.717) is 40.3 Å². The molecule has 7 nitrogen and oxygen atoms in total. The number of alkyl halides is 2.